The molecule has 0 bridgehead atoms. The van der Waals surface area contributed by atoms with E-state index in [2.05, 4.69) is 10.0 Å². The monoisotopic (exact) mass is 300 g/mol. The summed E-state index contributed by atoms with van der Waals surface area (Å²) in [5, 5.41) is 3.14. The number of ether oxygens (including phenoxy) is 1. The van der Waals surface area contributed by atoms with E-state index in [0.29, 0.717) is 18.7 Å². The Balaban J connectivity index is 2.86. The molecule has 1 aromatic carbocycles. The van der Waals surface area contributed by atoms with Crippen molar-refractivity contribution in [1.82, 2.24) is 4.72 Å². The summed E-state index contributed by atoms with van der Waals surface area (Å²) >= 11 is 0. The van der Waals surface area contributed by atoms with Crippen molar-refractivity contribution < 1.29 is 13.2 Å². The third kappa shape index (κ3) is 5.11. The zero-order valence-electron chi connectivity index (χ0n) is 12.3. The van der Waals surface area contributed by atoms with Crippen LogP contribution in [-0.4, -0.2) is 34.7 Å². The van der Waals surface area contributed by atoms with Crippen LogP contribution in [0.4, 0.5) is 5.69 Å². The van der Waals surface area contributed by atoms with E-state index in [9.17, 15) is 8.42 Å². The van der Waals surface area contributed by atoms with Crippen molar-refractivity contribution in [2.45, 2.75) is 37.6 Å². The van der Waals surface area contributed by atoms with Gasteiger partial charge in [0.05, 0.1) is 5.69 Å². The van der Waals surface area contributed by atoms with Crippen molar-refractivity contribution in [1.29, 1.82) is 0 Å². The molecule has 0 aliphatic heterocycles. The molecule has 114 valence electrons. The van der Waals surface area contributed by atoms with E-state index in [1.165, 1.54) is 0 Å². The fourth-order valence-corrected chi connectivity index (χ4v) is 3.25. The van der Waals surface area contributed by atoms with Crippen LogP contribution in [0.2, 0.25) is 0 Å². The van der Waals surface area contributed by atoms with Gasteiger partial charge in [0.25, 0.3) is 0 Å². The minimum absolute atomic E-state index is 0.167. The maximum absolute atomic E-state index is 12.4. The fourth-order valence-electron chi connectivity index (χ4n) is 1.79. The third-order valence-corrected chi connectivity index (χ3v) is 4.50. The van der Waals surface area contributed by atoms with Crippen LogP contribution in [0.5, 0.6) is 0 Å². The number of sulfonamides is 1. The zero-order chi connectivity index (χ0) is 15.0. The molecule has 2 N–H and O–H groups in total. The normalized spacial score (nSPS) is 13.2. The first-order valence-corrected chi connectivity index (χ1v) is 8.33. The van der Waals surface area contributed by atoms with Gasteiger partial charge in [0, 0.05) is 26.3 Å². The van der Waals surface area contributed by atoms with E-state index < -0.39 is 10.0 Å². The third-order valence-electron chi connectivity index (χ3n) is 2.85. The predicted molar refractivity (Wildman–Crippen MR) is 81.5 cm³/mol. The first-order valence-electron chi connectivity index (χ1n) is 6.85. The van der Waals surface area contributed by atoms with E-state index in [4.69, 9.17) is 4.74 Å². The summed E-state index contributed by atoms with van der Waals surface area (Å²) in [4.78, 5) is 0.290. The van der Waals surface area contributed by atoms with Gasteiger partial charge in [0.1, 0.15) is 4.90 Å². The lowest BCUT2D eigenvalue weighted by molar-refractivity contribution is 0.188. The van der Waals surface area contributed by atoms with Crippen LogP contribution >= 0.6 is 0 Å². The van der Waals surface area contributed by atoms with Gasteiger partial charge in [-0.1, -0.05) is 19.1 Å². The van der Waals surface area contributed by atoms with E-state index in [1.54, 1.807) is 25.3 Å². The van der Waals surface area contributed by atoms with Crippen LogP contribution in [0.25, 0.3) is 0 Å². The van der Waals surface area contributed by atoms with Crippen LogP contribution in [0.3, 0.4) is 0 Å². The molecule has 0 aliphatic rings. The Bertz CT molecular complexity index is 503. The largest absolute Gasteiger partial charge is 0.385 e. The summed E-state index contributed by atoms with van der Waals surface area (Å²) < 4.78 is 32.4. The highest BCUT2D eigenvalue weighted by Crippen LogP contribution is 2.21. The molecule has 1 atom stereocenters. The Kier molecular flexibility index (Phi) is 6.98. The number of anilines is 1. The molecule has 0 saturated carbocycles. The molecule has 0 heterocycles. The average molecular weight is 300 g/mol. The Labute approximate surface area is 121 Å². The van der Waals surface area contributed by atoms with Gasteiger partial charge in [-0.3, -0.25) is 0 Å². The molecule has 0 aliphatic carbocycles. The van der Waals surface area contributed by atoms with Gasteiger partial charge < -0.3 is 10.1 Å². The quantitative estimate of drug-likeness (QED) is 0.734. The summed E-state index contributed by atoms with van der Waals surface area (Å²) in [5.74, 6) is 0. The fraction of sp³-hybridized carbons (Fsp3) is 0.571. The second-order valence-corrected chi connectivity index (χ2v) is 6.41. The summed E-state index contributed by atoms with van der Waals surface area (Å²) in [6.45, 7) is 5.14. The molecule has 1 rings (SSSR count). The highest BCUT2D eigenvalue weighted by molar-refractivity contribution is 7.89. The topological polar surface area (TPSA) is 67.4 Å². The summed E-state index contributed by atoms with van der Waals surface area (Å²) in [6.07, 6.45) is 1.58. The minimum atomic E-state index is -3.52. The lowest BCUT2D eigenvalue weighted by atomic mass is 10.3. The Morgan fingerprint density at radius 1 is 1.30 bits per heavy atom. The SMILES string of the molecule is CCCNc1ccccc1S(=O)(=O)NC(C)CCOC. The molecule has 0 amide bonds. The molecular weight excluding hydrogens is 276 g/mol. The molecule has 0 spiro atoms. The van der Waals surface area contributed by atoms with E-state index >= 15 is 0 Å². The van der Waals surface area contributed by atoms with Crippen molar-refractivity contribution >= 4 is 15.7 Å². The van der Waals surface area contributed by atoms with Crippen molar-refractivity contribution in [3.63, 3.8) is 0 Å². The molecule has 1 unspecified atom stereocenters. The smallest absolute Gasteiger partial charge is 0.242 e. The molecule has 0 fully saturated rings. The lowest BCUT2D eigenvalue weighted by Gasteiger charge is -2.16. The van der Waals surface area contributed by atoms with Crippen molar-refractivity contribution in [3.05, 3.63) is 24.3 Å². The van der Waals surface area contributed by atoms with Crippen molar-refractivity contribution in [2.24, 2.45) is 0 Å². The number of methoxy groups -OCH3 is 1. The van der Waals surface area contributed by atoms with Crippen molar-refractivity contribution in [3.8, 4) is 0 Å². The molecule has 0 aromatic heterocycles. The number of para-hydroxylation sites is 1. The van der Waals surface area contributed by atoms with Gasteiger partial charge in [-0.15, -0.1) is 0 Å². The molecule has 0 radical (unpaired) electrons. The number of hydrogen-bond donors (Lipinski definition) is 2. The van der Waals surface area contributed by atoms with Gasteiger partial charge >= 0.3 is 0 Å². The highest BCUT2D eigenvalue weighted by atomic mass is 32.2. The summed E-state index contributed by atoms with van der Waals surface area (Å²) in [6, 6.07) is 6.78. The zero-order valence-corrected chi connectivity index (χ0v) is 13.2. The predicted octanol–water partition coefficient (Wildman–Crippen LogP) is 2.21. The van der Waals surface area contributed by atoms with Gasteiger partial charge in [-0.25, -0.2) is 13.1 Å². The Hall–Kier alpha value is -1.11. The molecule has 20 heavy (non-hydrogen) atoms. The second-order valence-electron chi connectivity index (χ2n) is 4.73. The number of benzene rings is 1. The van der Waals surface area contributed by atoms with Crippen molar-refractivity contribution in [2.75, 3.05) is 25.6 Å². The summed E-state index contributed by atoms with van der Waals surface area (Å²) in [7, 11) is -1.92. The Morgan fingerprint density at radius 2 is 2.00 bits per heavy atom. The standard InChI is InChI=1S/C14H24N2O3S/c1-4-10-15-13-7-5-6-8-14(13)20(17,18)16-12(2)9-11-19-3/h5-8,12,15-16H,4,9-11H2,1-3H3. The molecule has 1 aromatic rings. The average Bonchev–Trinajstić information content (AvgIpc) is 2.42. The van der Waals surface area contributed by atoms with Crippen LogP contribution in [0.1, 0.15) is 26.7 Å². The van der Waals surface area contributed by atoms with Gasteiger partial charge in [0.2, 0.25) is 10.0 Å². The molecule has 5 nitrogen and oxygen atoms in total. The molecular formula is C14H24N2O3S. The van der Waals surface area contributed by atoms with Gasteiger partial charge in [-0.2, -0.15) is 0 Å². The molecule has 0 saturated heterocycles. The van der Waals surface area contributed by atoms with Crippen LogP contribution in [-0.2, 0) is 14.8 Å². The van der Waals surface area contributed by atoms with Crippen LogP contribution < -0.4 is 10.0 Å². The lowest BCUT2D eigenvalue weighted by Crippen LogP contribution is -2.33. The maximum Gasteiger partial charge on any atom is 0.242 e. The van der Waals surface area contributed by atoms with Gasteiger partial charge in [-0.05, 0) is 31.9 Å². The second kappa shape index (κ2) is 8.24. The maximum atomic E-state index is 12.4. The van der Waals surface area contributed by atoms with E-state index in [1.807, 2.05) is 19.9 Å². The highest BCUT2D eigenvalue weighted by Gasteiger charge is 2.20. The molecule has 6 heteroatoms. The number of rotatable bonds is 9. The van der Waals surface area contributed by atoms with Crippen LogP contribution in [0, 0.1) is 0 Å². The minimum Gasteiger partial charge on any atom is -0.385 e. The Morgan fingerprint density at radius 3 is 2.65 bits per heavy atom. The van der Waals surface area contributed by atoms with Gasteiger partial charge in [0.15, 0.2) is 0 Å². The first kappa shape index (κ1) is 16.9. The summed E-state index contributed by atoms with van der Waals surface area (Å²) in [5.41, 5.74) is 0.640. The number of nitrogens with one attached hydrogen (secondary N) is 2. The van der Waals surface area contributed by atoms with Crippen LogP contribution in [0.15, 0.2) is 29.2 Å². The first-order chi connectivity index (χ1) is 9.51. The van der Waals surface area contributed by atoms with E-state index in [0.717, 1.165) is 13.0 Å². The number of hydrogen-bond acceptors (Lipinski definition) is 4. The van der Waals surface area contributed by atoms with E-state index in [-0.39, 0.29) is 10.9 Å².